The van der Waals surface area contributed by atoms with Crippen molar-refractivity contribution in [2.75, 3.05) is 19.7 Å². The Hall–Kier alpha value is -2.56. The molecule has 3 aromatic rings. The Labute approximate surface area is 153 Å². The number of aromatic nitrogens is 1. The highest BCUT2D eigenvalue weighted by Crippen LogP contribution is 2.25. The van der Waals surface area contributed by atoms with Crippen LogP contribution >= 0.6 is 0 Å². The molecular formula is C22H21FN2O. The first-order chi connectivity index (χ1) is 12.8. The first-order valence-electron chi connectivity index (χ1n) is 8.87. The molecule has 0 aliphatic carbocycles. The lowest BCUT2D eigenvalue weighted by molar-refractivity contribution is -0.0329. The molecule has 1 saturated heterocycles. The zero-order chi connectivity index (χ0) is 17.8. The molecule has 4 rings (SSSR count). The number of benzene rings is 2. The highest BCUT2D eigenvalue weighted by Gasteiger charge is 2.22. The second kappa shape index (κ2) is 7.77. The van der Waals surface area contributed by atoms with Crippen LogP contribution in [0.15, 0.2) is 73.1 Å². The van der Waals surface area contributed by atoms with Gasteiger partial charge >= 0.3 is 0 Å². The van der Waals surface area contributed by atoms with E-state index in [-0.39, 0.29) is 11.9 Å². The summed E-state index contributed by atoms with van der Waals surface area (Å²) in [4.78, 5) is 6.59. The lowest BCUT2D eigenvalue weighted by Gasteiger charge is -2.33. The number of rotatable bonds is 4. The molecule has 26 heavy (non-hydrogen) atoms. The smallest absolute Gasteiger partial charge is 0.123 e. The fraction of sp³-hybridized carbons (Fsp3) is 0.227. The molecule has 0 amide bonds. The standard InChI is InChI=1S/C22H21FN2O/c23-21-8-6-18(7-9-21)22-16-25(11-12-26-22)15-17-3-1-4-19(13-17)20-5-2-10-24-14-20/h1-10,13-14,22H,11-12,15-16H2. The maximum absolute atomic E-state index is 13.1. The van der Waals surface area contributed by atoms with Crippen molar-refractivity contribution in [3.05, 3.63) is 90.0 Å². The Kier molecular flexibility index (Phi) is 5.04. The van der Waals surface area contributed by atoms with Gasteiger partial charge in [-0.2, -0.15) is 0 Å². The number of hydrogen-bond acceptors (Lipinski definition) is 3. The third kappa shape index (κ3) is 3.98. The van der Waals surface area contributed by atoms with Crippen molar-refractivity contribution in [2.24, 2.45) is 0 Å². The van der Waals surface area contributed by atoms with E-state index in [0.29, 0.717) is 6.61 Å². The summed E-state index contributed by atoms with van der Waals surface area (Å²) >= 11 is 0. The molecule has 132 valence electrons. The second-order valence-electron chi connectivity index (χ2n) is 6.59. The summed E-state index contributed by atoms with van der Waals surface area (Å²) in [5.41, 5.74) is 4.60. The Balaban J connectivity index is 1.46. The van der Waals surface area contributed by atoms with Crippen LogP contribution in [0.25, 0.3) is 11.1 Å². The summed E-state index contributed by atoms with van der Waals surface area (Å²) in [5.74, 6) is -0.214. The van der Waals surface area contributed by atoms with E-state index in [1.807, 2.05) is 24.4 Å². The third-order valence-corrected chi connectivity index (χ3v) is 4.72. The average Bonchev–Trinajstić information content (AvgIpc) is 2.70. The van der Waals surface area contributed by atoms with Crippen molar-refractivity contribution >= 4 is 0 Å². The molecule has 0 spiro atoms. The van der Waals surface area contributed by atoms with Crippen molar-refractivity contribution in [1.82, 2.24) is 9.88 Å². The van der Waals surface area contributed by atoms with Crippen LogP contribution in [0.1, 0.15) is 17.2 Å². The van der Waals surface area contributed by atoms with E-state index in [4.69, 9.17) is 4.74 Å². The molecule has 1 aliphatic rings. The molecule has 0 N–H and O–H groups in total. The minimum atomic E-state index is -0.214. The molecule has 3 nitrogen and oxygen atoms in total. The van der Waals surface area contributed by atoms with Crippen LogP contribution in [-0.4, -0.2) is 29.6 Å². The molecule has 0 saturated carbocycles. The monoisotopic (exact) mass is 348 g/mol. The Bertz CT molecular complexity index is 852. The maximum Gasteiger partial charge on any atom is 0.123 e. The van der Waals surface area contributed by atoms with Crippen LogP contribution in [0.4, 0.5) is 4.39 Å². The quantitative estimate of drug-likeness (QED) is 0.696. The summed E-state index contributed by atoms with van der Waals surface area (Å²) in [6, 6.07) is 19.2. The van der Waals surface area contributed by atoms with Gasteiger partial charge in [-0.1, -0.05) is 36.4 Å². The average molecular weight is 348 g/mol. The van der Waals surface area contributed by atoms with Gasteiger partial charge in [0.2, 0.25) is 0 Å². The van der Waals surface area contributed by atoms with Gasteiger partial charge in [-0.25, -0.2) is 4.39 Å². The number of halogens is 1. The Morgan fingerprint density at radius 2 is 1.88 bits per heavy atom. The van der Waals surface area contributed by atoms with Crippen molar-refractivity contribution < 1.29 is 9.13 Å². The summed E-state index contributed by atoms with van der Waals surface area (Å²) in [6.07, 6.45) is 3.67. The van der Waals surface area contributed by atoms with Crippen molar-refractivity contribution in [3.63, 3.8) is 0 Å². The Morgan fingerprint density at radius 3 is 2.69 bits per heavy atom. The van der Waals surface area contributed by atoms with Crippen LogP contribution in [0.3, 0.4) is 0 Å². The van der Waals surface area contributed by atoms with Crippen LogP contribution in [-0.2, 0) is 11.3 Å². The molecule has 1 aromatic heterocycles. The van der Waals surface area contributed by atoms with Gasteiger partial charge in [0, 0.05) is 32.0 Å². The first kappa shape index (κ1) is 16.9. The molecule has 4 heteroatoms. The summed E-state index contributed by atoms with van der Waals surface area (Å²) in [7, 11) is 0. The number of pyridine rings is 1. The fourth-order valence-corrected chi connectivity index (χ4v) is 3.37. The number of hydrogen-bond donors (Lipinski definition) is 0. The minimum Gasteiger partial charge on any atom is -0.371 e. The lowest BCUT2D eigenvalue weighted by atomic mass is 10.0. The van der Waals surface area contributed by atoms with Crippen molar-refractivity contribution in [3.8, 4) is 11.1 Å². The van der Waals surface area contributed by atoms with Gasteiger partial charge in [0.1, 0.15) is 5.82 Å². The highest BCUT2D eigenvalue weighted by atomic mass is 19.1. The molecule has 1 atom stereocenters. The van der Waals surface area contributed by atoms with E-state index >= 15 is 0 Å². The molecule has 1 fully saturated rings. The van der Waals surface area contributed by atoms with Gasteiger partial charge < -0.3 is 4.74 Å². The SMILES string of the molecule is Fc1ccc(C2CN(Cc3cccc(-c4cccnc4)c3)CCO2)cc1. The van der Waals surface area contributed by atoms with E-state index in [1.54, 1.807) is 6.20 Å². The van der Waals surface area contributed by atoms with Crippen LogP contribution < -0.4 is 0 Å². The minimum absolute atomic E-state index is 0.00847. The van der Waals surface area contributed by atoms with Gasteiger partial charge in [-0.15, -0.1) is 0 Å². The van der Waals surface area contributed by atoms with Crippen molar-refractivity contribution in [1.29, 1.82) is 0 Å². The topological polar surface area (TPSA) is 25.4 Å². The number of nitrogens with zero attached hydrogens (tertiary/aromatic N) is 2. The molecule has 1 aliphatic heterocycles. The van der Waals surface area contributed by atoms with Gasteiger partial charge in [0.25, 0.3) is 0 Å². The van der Waals surface area contributed by atoms with Gasteiger partial charge in [0.05, 0.1) is 12.7 Å². The van der Waals surface area contributed by atoms with Gasteiger partial charge in [-0.3, -0.25) is 9.88 Å². The van der Waals surface area contributed by atoms with E-state index in [2.05, 4.69) is 40.2 Å². The molecule has 0 radical (unpaired) electrons. The van der Waals surface area contributed by atoms with E-state index in [9.17, 15) is 4.39 Å². The second-order valence-corrected chi connectivity index (χ2v) is 6.59. The van der Waals surface area contributed by atoms with E-state index in [1.165, 1.54) is 23.3 Å². The van der Waals surface area contributed by atoms with Crippen LogP contribution in [0.2, 0.25) is 0 Å². The molecular weight excluding hydrogens is 327 g/mol. The van der Waals surface area contributed by atoms with E-state index < -0.39 is 0 Å². The van der Waals surface area contributed by atoms with Gasteiger partial charge in [0.15, 0.2) is 0 Å². The maximum atomic E-state index is 13.1. The normalized spacial score (nSPS) is 18.0. The zero-order valence-electron chi connectivity index (χ0n) is 14.5. The molecule has 2 aromatic carbocycles. The predicted molar refractivity (Wildman–Crippen MR) is 100 cm³/mol. The summed E-state index contributed by atoms with van der Waals surface area (Å²) in [6.45, 7) is 3.26. The summed E-state index contributed by atoms with van der Waals surface area (Å²) < 4.78 is 19.0. The molecule has 2 heterocycles. The lowest BCUT2D eigenvalue weighted by Crippen LogP contribution is -2.37. The first-order valence-corrected chi connectivity index (χ1v) is 8.87. The van der Waals surface area contributed by atoms with E-state index in [0.717, 1.165) is 30.8 Å². The molecule has 1 unspecified atom stereocenters. The predicted octanol–water partition coefficient (Wildman–Crippen LogP) is 4.46. The van der Waals surface area contributed by atoms with Gasteiger partial charge in [-0.05, 0) is 46.5 Å². The van der Waals surface area contributed by atoms with Crippen molar-refractivity contribution in [2.45, 2.75) is 12.6 Å². The summed E-state index contributed by atoms with van der Waals surface area (Å²) in [5, 5.41) is 0. The third-order valence-electron chi connectivity index (χ3n) is 4.72. The number of morpholine rings is 1. The van der Waals surface area contributed by atoms with Crippen LogP contribution in [0, 0.1) is 5.82 Å². The zero-order valence-corrected chi connectivity index (χ0v) is 14.5. The number of ether oxygens (including phenoxy) is 1. The highest BCUT2D eigenvalue weighted by molar-refractivity contribution is 5.62. The molecule has 0 bridgehead atoms. The fourth-order valence-electron chi connectivity index (χ4n) is 3.37. The largest absolute Gasteiger partial charge is 0.371 e. The Morgan fingerprint density at radius 1 is 1.04 bits per heavy atom. The van der Waals surface area contributed by atoms with Crippen LogP contribution in [0.5, 0.6) is 0 Å².